The highest BCUT2D eigenvalue weighted by Crippen LogP contribution is 2.22. The van der Waals surface area contributed by atoms with E-state index in [4.69, 9.17) is 0 Å². The van der Waals surface area contributed by atoms with E-state index in [2.05, 4.69) is 15.6 Å². The van der Waals surface area contributed by atoms with E-state index >= 15 is 0 Å². The summed E-state index contributed by atoms with van der Waals surface area (Å²) < 4.78 is 0. The first kappa shape index (κ1) is 16.1. The van der Waals surface area contributed by atoms with Crippen molar-refractivity contribution in [2.75, 3.05) is 13.6 Å². The standard InChI is InChI=1S/C14H27N3.HI/c1-15-14(17-13-9-10-13)16-11-12-7-5-3-2-4-6-8-12;/h12-13H,2-11H2,1H3,(H2,15,16,17);1H. The normalized spacial score (nSPS) is 22.6. The van der Waals surface area contributed by atoms with Gasteiger partial charge < -0.3 is 10.6 Å². The van der Waals surface area contributed by atoms with Crippen LogP contribution in [0.5, 0.6) is 0 Å². The van der Waals surface area contributed by atoms with Gasteiger partial charge in [0.05, 0.1) is 0 Å². The second kappa shape index (κ2) is 8.99. The van der Waals surface area contributed by atoms with Crippen molar-refractivity contribution in [2.45, 2.75) is 63.8 Å². The average Bonchev–Trinajstić information content (AvgIpc) is 3.09. The summed E-state index contributed by atoms with van der Waals surface area (Å²) in [4.78, 5) is 4.29. The van der Waals surface area contributed by atoms with Crippen molar-refractivity contribution in [3.05, 3.63) is 0 Å². The van der Waals surface area contributed by atoms with Gasteiger partial charge in [0.15, 0.2) is 5.96 Å². The van der Waals surface area contributed by atoms with Gasteiger partial charge in [-0.3, -0.25) is 4.99 Å². The maximum Gasteiger partial charge on any atom is 0.191 e. The van der Waals surface area contributed by atoms with E-state index in [1.165, 1.54) is 57.8 Å². The number of nitrogens with one attached hydrogen (secondary N) is 2. The topological polar surface area (TPSA) is 36.4 Å². The minimum Gasteiger partial charge on any atom is -0.356 e. The Labute approximate surface area is 129 Å². The van der Waals surface area contributed by atoms with Crippen LogP contribution in [0.15, 0.2) is 4.99 Å². The molecule has 2 saturated carbocycles. The van der Waals surface area contributed by atoms with Gasteiger partial charge in [-0.05, 0) is 31.6 Å². The molecule has 18 heavy (non-hydrogen) atoms. The predicted molar refractivity (Wildman–Crippen MR) is 88.7 cm³/mol. The van der Waals surface area contributed by atoms with Gasteiger partial charge in [0.2, 0.25) is 0 Å². The molecule has 0 aromatic rings. The van der Waals surface area contributed by atoms with Gasteiger partial charge in [-0.2, -0.15) is 0 Å². The van der Waals surface area contributed by atoms with Gasteiger partial charge in [0.25, 0.3) is 0 Å². The van der Waals surface area contributed by atoms with Crippen LogP contribution in [0.3, 0.4) is 0 Å². The molecule has 2 rings (SSSR count). The van der Waals surface area contributed by atoms with Gasteiger partial charge in [-0.15, -0.1) is 24.0 Å². The summed E-state index contributed by atoms with van der Waals surface area (Å²) in [7, 11) is 1.87. The third-order valence-electron chi connectivity index (χ3n) is 3.92. The molecule has 106 valence electrons. The van der Waals surface area contributed by atoms with Crippen LogP contribution in [-0.2, 0) is 0 Å². The molecule has 0 bridgehead atoms. The third-order valence-corrected chi connectivity index (χ3v) is 3.92. The second-order valence-electron chi connectivity index (χ2n) is 5.58. The van der Waals surface area contributed by atoms with Gasteiger partial charge in [-0.25, -0.2) is 0 Å². The number of aliphatic imine (C=N–C) groups is 1. The van der Waals surface area contributed by atoms with Gasteiger partial charge in [-0.1, -0.05) is 32.1 Å². The van der Waals surface area contributed by atoms with Crippen molar-refractivity contribution in [1.82, 2.24) is 10.6 Å². The third kappa shape index (κ3) is 6.25. The van der Waals surface area contributed by atoms with Crippen LogP contribution in [0.4, 0.5) is 0 Å². The van der Waals surface area contributed by atoms with Crippen LogP contribution in [0.25, 0.3) is 0 Å². The fourth-order valence-corrected chi connectivity index (χ4v) is 2.60. The number of hydrogen-bond acceptors (Lipinski definition) is 1. The monoisotopic (exact) mass is 365 g/mol. The molecular weight excluding hydrogens is 337 g/mol. The summed E-state index contributed by atoms with van der Waals surface area (Å²) in [6.07, 6.45) is 12.6. The minimum absolute atomic E-state index is 0. The highest BCUT2D eigenvalue weighted by atomic mass is 127. The Hall–Kier alpha value is 0. The van der Waals surface area contributed by atoms with Crippen LogP contribution < -0.4 is 10.6 Å². The zero-order valence-corrected chi connectivity index (χ0v) is 13.9. The quantitative estimate of drug-likeness (QED) is 0.458. The Balaban J connectivity index is 0.00000162. The molecule has 2 aliphatic rings. The van der Waals surface area contributed by atoms with E-state index in [-0.39, 0.29) is 24.0 Å². The van der Waals surface area contributed by atoms with Crippen LogP contribution in [0.1, 0.15) is 57.8 Å². The van der Waals surface area contributed by atoms with Crippen molar-refractivity contribution in [3.8, 4) is 0 Å². The first-order chi connectivity index (χ1) is 8.38. The van der Waals surface area contributed by atoms with Crippen molar-refractivity contribution in [3.63, 3.8) is 0 Å². The molecule has 0 aromatic carbocycles. The highest BCUT2D eigenvalue weighted by molar-refractivity contribution is 14.0. The zero-order chi connectivity index (χ0) is 11.9. The van der Waals surface area contributed by atoms with Gasteiger partial charge in [0.1, 0.15) is 0 Å². The molecule has 3 nitrogen and oxygen atoms in total. The smallest absolute Gasteiger partial charge is 0.191 e. The summed E-state index contributed by atoms with van der Waals surface area (Å²) in [5, 5.41) is 6.94. The molecule has 0 atom stereocenters. The lowest BCUT2D eigenvalue weighted by atomic mass is 9.91. The fourth-order valence-electron chi connectivity index (χ4n) is 2.60. The number of guanidine groups is 1. The second-order valence-corrected chi connectivity index (χ2v) is 5.58. The lowest BCUT2D eigenvalue weighted by Crippen LogP contribution is -2.40. The molecule has 0 spiro atoms. The first-order valence-corrected chi connectivity index (χ1v) is 7.35. The van der Waals surface area contributed by atoms with Gasteiger partial charge in [0, 0.05) is 19.6 Å². The zero-order valence-electron chi connectivity index (χ0n) is 11.6. The highest BCUT2D eigenvalue weighted by Gasteiger charge is 2.22. The molecule has 4 heteroatoms. The minimum atomic E-state index is 0. The molecular formula is C14H28IN3. The summed E-state index contributed by atoms with van der Waals surface area (Å²) in [6.45, 7) is 1.10. The van der Waals surface area contributed by atoms with Crippen molar-refractivity contribution in [1.29, 1.82) is 0 Å². The molecule has 0 unspecified atom stereocenters. The molecule has 0 saturated heterocycles. The Morgan fingerprint density at radius 2 is 1.61 bits per heavy atom. The van der Waals surface area contributed by atoms with E-state index in [0.717, 1.165) is 18.4 Å². The number of hydrogen-bond donors (Lipinski definition) is 2. The predicted octanol–water partition coefficient (Wildman–Crippen LogP) is 3.29. The van der Waals surface area contributed by atoms with E-state index in [0.29, 0.717) is 6.04 Å². The molecule has 2 fully saturated rings. The molecule has 0 aromatic heterocycles. The molecule has 0 aliphatic heterocycles. The van der Waals surface area contributed by atoms with Crippen LogP contribution in [-0.4, -0.2) is 25.6 Å². The number of halogens is 1. The molecule has 2 aliphatic carbocycles. The molecule has 0 amide bonds. The summed E-state index contributed by atoms with van der Waals surface area (Å²) in [5.41, 5.74) is 0. The van der Waals surface area contributed by atoms with E-state index in [1.54, 1.807) is 0 Å². The molecule has 0 radical (unpaired) electrons. The van der Waals surface area contributed by atoms with Crippen molar-refractivity contribution < 1.29 is 0 Å². The Bertz CT molecular complexity index is 243. The summed E-state index contributed by atoms with van der Waals surface area (Å²) in [6, 6.07) is 0.693. The molecule has 2 N–H and O–H groups in total. The van der Waals surface area contributed by atoms with Crippen LogP contribution in [0.2, 0.25) is 0 Å². The Kier molecular flexibility index (Phi) is 8.02. The first-order valence-electron chi connectivity index (χ1n) is 7.35. The Morgan fingerprint density at radius 3 is 2.17 bits per heavy atom. The molecule has 0 heterocycles. The summed E-state index contributed by atoms with van der Waals surface area (Å²) >= 11 is 0. The van der Waals surface area contributed by atoms with E-state index < -0.39 is 0 Å². The maximum atomic E-state index is 4.29. The maximum absolute atomic E-state index is 4.29. The Morgan fingerprint density at radius 1 is 1.00 bits per heavy atom. The lowest BCUT2D eigenvalue weighted by molar-refractivity contribution is 0.375. The van der Waals surface area contributed by atoms with Crippen molar-refractivity contribution >= 4 is 29.9 Å². The largest absolute Gasteiger partial charge is 0.356 e. The summed E-state index contributed by atoms with van der Waals surface area (Å²) in [5.74, 6) is 1.86. The fraction of sp³-hybridized carbons (Fsp3) is 0.929. The van der Waals surface area contributed by atoms with E-state index in [1.807, 2.05) is 7.05 Å². The van der Waals surface area contributed by atoms with Gasteiger partial charge >= 0.3 is 0 Å². The number of nitrogens with zero attached hydrogens (tertiary/aromatic N) is 1. The van der Waals surface area contributed by atoms with Crippen molar-refractivity contribution in [2.24, 2.45) is 10.9 Å². The van der Waals surface area contributed by atoms with Crippen LogP contribution in [0, 0.1) is 5.92 Å². The van der Waals surface area contributed by atoms with E-state index in [9.17, 15) is 0 Å². The lowest BCUT2D eigenvalue weighted by Gasteiger charge is -2.21. The number of rotatable bonds is 3. The SMILES string of the molecule is CN=C(NCC1CCCCCCC1)NC1CC1.I. The van der Waals surface area contributed by atoms with Crippen LogP contribution >= 0.6 is 24.0 Å². The average molecular weight is 365 g/mol.